The molecule has 0 saturated carbocycles. The van der Waals surface area contributed by atoms with E-state index in [2.05, 4.69) is 71.6 Å². The van der Waals surface area contributed by atoms with Crippen LogP contribution in [0, 0.1) is 13.8 Å². The molecule has 2 amide bonds. The predicted molar refractivity (Wildman–Crippen MR) is 179 cm³/mol. The molecular formula is C36H49N5O2S. The summed E-state index contributed by atoms with van der Waals surface area (Å²) < 4.78 is 1.30. The average molecular weight is 616 g/mol. The van der Waals surface area contributed by atoms with Crippen LogP contribution in [-0.2, 0) is 21.4 Å². The van der Waals surface area contributed by atoms with E-state index in [-0.39, 0.29) is 0 Å². The zero-order valence-corrected chi connectivity index (χ0v) is 27.9. The van der Waals surface area contributed by atoms with Crippen molar-refractivity contribution in [2.24, 2.45) is 0 Å². The minimum atomic E-state index is -0.532. The Labute approximate surface area is 266 Å². The van der Waals surface area contributed by atoms with E-state index < -0.39 is 5.41 Å². The van der Waals surface area contributed by atoms with Gasteiger partial charge in [0.05, 0.1) is 27.9 Å². The Morgan fingerprint density at radius 3 is 2.11 bits per heavy atom. The number of thiophene rings is 1. The maximum Gasteiger partial charge on any atom is 0.236 e. The number of carbonyl (C=O) groups is 2. The van der Waals surface area contributed by atoms with Gasteiger partial charge in [-0.1, -0.05) is 17.2 Å². The second-order valence-corrected chi connectivity index (χ2v) is 15.5. The molecule has 7 nitrogen and oxygen atoms in total. The number of likely N-dealkylation sites (tertiary alicyclic amines) is 1. The van der Waals surface area contributed by atoms with Gasteiger partial charge in [-0.3, -0.25) is 14.5 Å². The largest absolute Gasteiger partial charge is 0.354 e. The number of amides is 2. The van der Waals surface area contributed by atoms with E-state index in [9.17, 15) is 9.59 Å². The minimum absolute atomic E-state index is 0.302. The third kappa shape index (κ3) is 5.62. The van der Waals surface area contributed by atoms with Crippen LogP contribution in [0.25, 0.3) is 21.5 Å². The number of aryl methyl sites for hydroxylation is 2. The second kappa shape index (κ2) is 11.9. The highest BCUT2D eigenvalue weighted by Crippen LogP contribution is 2.45. The molecule has 7 rings (SSSR count). The molecule has 4 saturated heterocycles. The molecule has 0 spiro atoms. The van der Waals surface area contributed by atoms with Crippen LogP contribution in [0.15, 0.2) is 24.3 Å². The van der Waals surface area contributed by atoms with Gasteiger partial charge in [-0.15, -0.1) is 11.3 Å². The van der Waals surface area contributed by atoms with Gasteiger partial charge >= 0.3 is 0 Å². The van der Waals surface area contributed by atoms with E-state index in [1.807, 2.05) is 16.2 Å². The van der Waals surface area contributed by atoms with Crippen LogP contribution in [0.3, 0.4) is 0 Å². The lowest BCUT2D eigenvalue weighted by atomic mass is 9.89. The van der Waals surface area contributed by atoms with Crippen LogP contribution < -0.4 is 0 Å². The first-order valence-electron chi connectivity index (χ1n) is 17.0. The van der Waals surface area contributed by atoms with Crippen LogP contribution in [0.5, 0.6) is 0 Å². The molecule has 0 radical (unpaired) electrons. The molecule has 2 aromatic heterocycles. The van der Waals surface area contributed by atoms with Gasteiger partial charge in [0.25, 0.3) is 0 Å². The number of nitrogens with zero attached hydrogens (tertiary/aromatic N) is 4. The van der Waals surface area contributed by atoms with Gasteiger partial charge in [-0.25, -0.2) is 0 Å². The number of rotatable bonds is 8. The Balaban J connectivity index is 1.10. The number of piperazine rings is 1. The fraction of sp³-hybridized carbons (Fsp3) is 0.611. The number of aromatic nitrogens is 1. The van der Waals surface area contributed by atoms with Crippen molar-refractivity contribution < 1.29 is 9.59 Å². The highest BCUT2D eigenvalue weighted by atomic mass is 32.1. The van der Waals surface area contributed by atoms with Crippen molar-refractivity contribution in [1.29, 1.82) is 0 Å². The zero-order chi connectivity index (χ0) is 30.6. The Kier molecular flexibility index (Phi) is 8.13. The normalized spacial score (nSPS) is 23.0. The van der Waals surface area contributed by atoms with Gasteiger partial charge in [-0.05, 0) is 102 Å². The number of nitrogens with one attached hydrogen (secondary N) is 1. The standard InChI is InChI=1S/C36H49N5O2S/c1-24-19-25(2)21-26(20-24)33-29(11-14-38-15-17-39(18-16-38)23-32(42)40-12-5-6-13-40)34-30(37-33)22-31(44-34)36(3,4)35(43)41-27-7-8-28(41)10-9-27/h19-22,27-28,37H,5-18,23H2,1-4H3. The predicted octanol–water partition coefficient (Wildman–Crippen LogP) is 5.73. The van der Waals surface area contributed by atoms with Crippen LogP contribution in [0.1, 0.15) is 73.9 Å². The lowest BCUT2D eigenvalue weighted by Crippen LogP contribution is -2.50. The summed E-state index contributed by atoms with van der Waals surface area (Å²) >= 11 is 1.82. The van der Waals surface area contributed by atoms with E-state index in [0.29, 0.717) is 30.4 Å². The first kappa shape index (κ1) is 30.0. The number of aromatic amines is 1. The Morgan fingerprint density at radius 2 is 1.48 bits per heavy atom. The number of benzene rings is 1. The fourth-order valence-corrected chi connectivity index (χ4v) is 9.60. The van der Waals surface area contributed by atoms with Crippen LogP contribution in [0.4, 0.5) is 0 Å². The van der Waals surface area contributed by atoms with Crippen LogP contribution >= 0.6 is 11.3 Å². The van der Waals surface area contributed by atoms with Gasteiger partial charge in [0, 0.05) is 62.8 Å². The Bertz CT molecular complexity index is 1500. The molecule has 4 fully saturated rings. The van der Waals surface area contributed by atoms with Gasteiger partial charge in [-0.2, -0.15) is 0 Å². The zero-order valence-electron chi connectivity index (χ0n) is 27.1. The molecule has 0 unspecified atom stereocenters. The van der Waals surface area contributed by atoms with Crippen LogP contribution in [-0.4, -0.2) is 101 Å². The lowest BCUT2D eigenvalue weighted by Gasteiger charge is -2.35. The molecular weight excluding hydrogens is 566 g/mol. The fourth-order valence-electron chi connectivity index (χ4n) is 8.31. The molecule has 4 aliphatic heterocycles. The molecule has 2 bridgehead atoms. The minimum Gasteiger partial charge on any atom is -0.354 e. The van der Waals surface area contributed by atoms with Crippen molar-refractivity contribution in [3.05, 3.63) is 45.8 Å². The number of H-pyrrole nitrogens is 1. The van der Waals surface area contributed by atoms with Gasteiger partial charge in [0.15, 0.2) is 0 Å². The Morgan fingerprint density at radius 1 is 0.864 bits per heavy atom. The number of hydrogen-bond donors (Lipinski definition) is 1. The summed E-state index contributed by atoms with van der Waals surface area (Å²) in [5, 5.41) is 0. The monoisotopic (exact) mass is 615 g/mol. The summed E-state index contributed by atoms with van der Waals surface area (Å²) in [7, 11) is 0. The van der Waals surface area contributed by atoms with Crippen LogP contribution in [0.2, 0.25) is 0 Å². The van der Waals surface area contributed by atoms with E-state index >= 15 is 0 Å². The first-order chi connectivity index (χ1) is 21.2. The van der Waals surface area contributed by atoms with Gasteiger partial charge < -0.3 is 19.7 Å². The smallest absolute Gasteiger partial charge is 0.236 e. The topological polar surface area (TPSA) is 62.9 Å². The molecule has 1 N–H and O–H groups in total. The average Bonchev–Trinajstić information content (AvgIpc) is 3.83. The molecule has 236 valence electrons. The summed E-state index contributed by atoms with van der Waals surface area (Å²) in [6.45, 7) is 15.9. The highest BCUT2D eigenvalue weighted by Gasteiger charge is 2.47. The lowest BCUT2D eigenvalue weighted by molar-refractivity contribution is -0.137. The summed E-state index contributed by atoms with van der Waals surface area (Å²) in [5.41, 5.74) is 7.02. The van der Waals surface area contributed by atoms with Crippen molar-refractivity contribution in [2.75, 3.05) is 52.4 Å². The van der Waals surface area contributed by atoms with Crippen molar-refractivity contribution in [2.45, 2.75) is 90.1 Å². The molecule has 0 aliphatic carbocycles. The maximum atomic E-state index is 14.0. The summed E-state index contributed by atoms with van der Waals surface area (Å²) in [4.78, 5) is 40.8. The summed E-state index contributed by atoms with van der Waals surface area (Å²) in [6.07, 6.45) is 7.94. The SMILES string of the molecule is Cc1cc(C)cc(-c2[nH]c3cc(C(C)(C)C(=O)N4C5CCC4CC5)sc3c2CCN2CCN(CC(=O)N3CCCC3)CC2)c1. The van der Waals surface area contributed by atoms with Gasteiger partial charge in [0.2, 0.25) is 11.8 Å². The summed E-state index contributed by atoms with van der Waals surface area (Å²) in [6, 6.07) is 9.98. The van der Waals surface area contributed by atoms with E-state index in [0.717, 1.165) is 70.6 Å². The van der Waals surface area contributed by atoms with Crippen molar-refractivity contribution in [1.82, 2.24) is 24.6 Å². The quantitative estimate of drug-likeness (QED) is 0.352. The molecule has 4 aliphatic rings. The number of carbonyl (C=O) groups excluding carboxylic acids is 2. The number of fused-ring (bicyclic) bond motifs is 3. The molecule has 44 heavy (non-hydrogen) atoms. The first-order valence-corrected chi connectivity index (χ1v) is 17.8. The molecule has 1 aromatic carbocycles. The molecule has 0 atom stereocenters. The van der Waals surface area contributed by atoms with Gasteiger partial charge in [0.1, 0.15) is 0 Å². The number of hydrogen-bond acceptors (Lipinski definition) is 5. The Hall–Kier alpha value is -2.68. The second-order valence-electron chi connectivity index (χ2n) is 14.5. The molecule has 8 heteroatoms. The molecule has 3 aromatic rings. The maximum absolute atomic E-state index is 14.0. The van der Waals surface area contributed by atoms with E-state index in [1.165, 1.54) is 63.2 Å². The van der Waals surface area contributed by atoms with E-state index in [1.54, 1.807) is 0 Å². The summed E-state index contributed by atoms with van der Waals surface area (Å²) in [5.74, 6) is 0.611. The third-order valence-electron chi connectivity index (χ3n) is 10.9. The van der Waals surface area contributed by atoms with Crippen molar-refractivity contribution >= 4 is 33.4 Å². The van der Waals surface area contributed by atoms with Crippen molar-refractivity contribution in [3.63, 3.8) is 0 Å². The van der Waals surface area contributed by atoms with E-state index in [4.69, 9.17) is 0 Å². The third-order valence-corrected chi connectivity index (χ3v) is 12.4. The highest BCUT2D eigenvalue weighted by molar-refractivity contribution is 7.19. The molecule has 6 heterocycles. The van der Waals surface area contributed by atoms with Crippen molar-refractivity contribution in [3.8, 4) is 11.3 Å².